The van der Waals surface area contributed by atoms with Gasteiger partial charge in [0, 0.05) is 26.7 Å². The monoisotopic (exact) mass is 649 g/mol. The van der Waals surface area contributed by atoms with Crippen molar-refractivity contribution in [1.82, 2.24) is 14.8 Å². The van der Waals surface area contributed by atoms with Crippen LogP contribution in [-0.2, 0) is 19.1 Å². The number of thiophene rings is 1. The molecule has 0 aliphatic carbocycles. The number of aromatic nitrogens is 3. The molecule has 4 aromatic rings. The smallest absolute Gasteiger partial charge is 0.332 e. The van der Waals surface area contributed by atoms with Crippen molar-refractivity contribution < 1.29 is 23.8 Å². The van der Waals surface area contributed by atoms with Gasteiger partial charge in [0.05, 0.1) is 18.7 Å². The molecule has 3 heterocycles. The molecule has 2 aromatic heterocycles. The maximum absolute atomic E-state index is 13.4. The van der Waals surface area contributed by atoms with Crippen LogP contribution in [0, 0.1) is 20.8 Å². The summed E-state index contributed by atoms with van der Waals surface area (Å²) in [6, 6.07) is 14.1. The minimum absolute atomic E-state index is 0.0649. The molecular formula is C33H36ClN5O5S. The molecule has 1 N–H and O–H groups in total. The number of halogens is 1. The zero-order chi connectivity index (χ0) is 32.3. The first-order chi connectivity index (χ1) is 21.4. The Morgan fingerprint density at radius 3 is 2.40 bits per heavy atom. The summed E-state index contributed by atoms with van der Waals surface area (Å²) in [7, 11) is 0. The van der Waals surface area contributed by atoms with Crippen LogP contribution in [0.1, 0.15) is 66.5 Å². The van der Waals surface area contributed by atoms with Crippen LogP contribution < -0.4 is 10.1 Å². The summed E-state index contributed by atoms with van der Waals surface area (Å²) in [5.41, 5.74) is 3.91. The van der Waals surface area contributed by atoms with Crippen molar-refractivity contribution in [3.63, 3.8) is 0 Å². The van der Waals surface area contributed by atoms with Crippen LogP contribution in [-0.4, -0.2) is 57.8 Å². The van der Waals surface area contributed by atoms with Crippen LogP contribution in [0.5, 0.6) is 5.75 Å². The van der Waals surface area contributed by atoms with Crippen molar-refractivity contribution in [2.45, 2.75) is 59.6 Å². The lowest BCUT2D eigenvalue weighted by atomic mass is 9.99. The maximum atomic E-state index is 13.4. The third kappa shape index (κ3) is 7.78. The van der Waals surface area contributed by atoms with Gasteiger partial charge in [-0.25, -0.2) is 4.79 Å². The highest BCUT2D eigenvalue weighted by Gasteiger charge is 2.32. The summed E-state index contributed by atoms with van der Waals surface area (Å²) in [4.78, 5) is 31.4. The third-order valence-corrected chi connectivity index (χ3v) is 8.45. The van der Waals surface area contributed by atoms with Crippen molar-refractivity contribution in [3.8, 4) is 10.8 Å². The van der Waals surface area contributed by atoms with E-state index in [4.69, 9.17) is 30.8 Å². The van der Waals surface area contributed by atoms with Crippen molar-refractivity contribution >= 4 is 46.2 Å². The molecule has 0 spiro atoms. The number of ether oxygens (including phenoxy) is 3. The third-order valence-electron chi connectivity index (χ3n) is 7.01. The molecule has 12 heteroatoms. The van der Waals surface area contributed by atoms with Crippen molar-refractivity contribution in [2.24, 2.45) is 4.99 Å². The number of anilines is 1. The Morgan fingerprint density at radius 2 is 1.71 bits per heavy atom. The van der Waals surface area contributed by atoms with Gasteiger partial charge in [0.1, 0.15) is 41.4 Å². The van der Waals surface area contributed by atoms with E-state index in [1.165, 1.54) is 4.88 Å². The molecule has 5 rings (SSSR count). The lowest BCUT2D eigenvalue weighted by Gasteiger charge is -2.19. The minimum Gasteiger partial charge on any atom is -0.491 e. The number of fused-ring (bicyclic) bond motifs is 3. The number of benzene rings is 2. The molecule has 1 amide bonds. The van der Waals surface area contributed by atoms with Crippen molar-refractivity contribution in [3.05, 3.63) is 86.8 Å². The van der Waals surface area contributed by atoms with Gasteiger partial charge in [0.15, 0.2) is 5.82 Å². The number of rotatable bonds is 10. The van der Waals surface area contributed by atoms with Gasteiger partial charge >= 0.3 is 5.97 Å². The number of nitrogens with zero attached hydrogens (tertiary/aromatic N) is 4. The van der Waals surface area contributed by atoms with E-state index in [2.05, 4.69) is 29.4 Å². The number of esters is 1. The van der Waals surface area contributed by atoms with Gasteiger partial charge in [0.25, 0.3) is 0 Å². The second-order valence-electron chi connectivity index (χ2n) is 11.7. The van der Waals surface area contributed by atoms with Crippen LogP contribution in [0.3, 0.4) is 0 Å². The van der Waals surface area contributed by atoms with Gasteiger partial charge in [-0.1, -0.05) is 23.7 Å². The zero-order valence-electron chi connectivity index (χ0n) is 26.1. The fourth-order valence-electron chi connectivity index (χ4n) is 4.90. The Morgan fingerprint density at radius 1 is 1.00 bits per heavy atom. The van der Waals surface area contributed by atoms with Gasteiger partial charge in [-0.15, -0.1) is 21.5 Å². The van der Waals surface area contributed by atoms with E-state index in [1.807, 2.05) is 35.8 Å². The first kappa shape index (κ1) is 32.3. The summed E-state index contributed by atoms with van der Waals surface area (Å²) in [6.07, 6.45) is 0.0649. The average molecular weight is 650 g/mol. The van der Waals surface area contributed by atoms with Crippen LogP contribution in [0.4, 0.5) is 5.69 Å². The summed E-state index contributed by atoms with van der Waals surface area (Å²) in [5, 5.41) is 13.4. The molecule has 1 aliphatic heterocycles. The topological polar surface area (TPSA) is 117 Å². The quantitative estimate of drug-likeness (QED) is 0.153. The molecule has 0 saturated carbocycles. The molecule has 0 saturated heterocycles. The van der Waals surface area contributed by atoms with E-state index >= 15 is 0 Å². The van der Waals surface area contributed by atoms with E-state index in [0.29, 0.717) is 22.3 Å². The number of aryl methyl sites for hydroxylation is 2. The summed E-state index contributed by atoms with van der Waals surface area (Å²) in [6.45, 7) is 11.9. The molecule has 2 aromatic carbocycles. The van der Waals surface area contributed by atoms with Gasteiger partial charge in [0.2, 0.25) is 5.91 Å². The van der Waals surface area contributed by atoms with E-state index in [-0.39, 0.29) is 32.1 Å². The van der Waals surface area contributed by atoms with E-state index in [9.17, 15) is 9.59 Å². The molecule has 0 radical (unpaired) electrons. The van der Waals surface area contributed by atoms with Crippen LogP contribution in [0.2, 0.25) is 5.02 Å². The highest BCUT2D eigenvalue weighted by atomic mass is 35.5. The van der Waals surface area contributed by atoms with Crippen molar-refractivity contribution in [2.75, 3.05) is 25.1 Å². The van der Waals surface area contributed by atoms with E-state index in [1.54, 1.807) is 56.4 Å². The first-order valence-corrected chi connectivity index (χ1v) is 15.8. The number of hydrogen-bond donors (Lipinski definition) is 1. The number of carbonyl (C=O) groups is 2. The number of aliphatic imine (C=N–C) groups is 1. The molecule has 10 nitrogen and oxygen atoms in total. The van der Waals surface area contributed by atoms with Gasteiger partial charge < -0.3 is 19.5 Å². The first-order valence-electron chi connectivity index (χ1n) is 14.6. The Bertz CT molecular complexity index is 1720. The largest absolute Gasteiger partial charge is 0.491 e. The lowest BCUT2D eigenvalue weighted by Crippen LogP contribution is -2.27. The number of nitrogens with one attached hydrogen (secondary N) is 1. The molecular weight excluding hydrogens is 614 g/mol. The molecule has 1 atom stereocenters. The molecule has 0 fully saturated rings. The second-order valence-corrected chi connectivity index (χ2v) is 13.3. The van der Waals surface area contributed by atoms with Crippen molar-refractivity contribution in [1.29, 1.82) is 0 Å². The number of carbonyl (C=O) groups excluding carboxylic acids is 2. The standard InChI is InChI=1S/C33H36ClN5O5S/c1-19-20(2)45-32-29(19)30(22-7-9-23(34)10-8-22)36-26(31-38-37-21(3)39(31)32)17-27(40)35-24-11-13-25(14-12-24)43-16-15-42-18-28(41)44-33(4,5)6/h7-14,26H,15-18H2,1-6H3,(H,35,40)/t26-/m0/s1. The highest BCUT2D eigenvalue weighted by Crippen LogP contribution is 2.39. The second kappa shape index (κ2) is 13.5. The average Bonchev–Trinajstić information content (AvgIpc) is 3.45. The highest BCUT2D eigenvalue weighted by molar-refractivity contribution is 7.15. The zero-order valence-corrected chi connectivity index (χ0v) is 27.7. The SMILES string of the molecule is Cc1sc2c(c1C)C(c1ccc(Cl)cc1)=N[C@@H](CC(=O)Nc1ccc(OCCOCC(=O)OC(C)(C)C)cc1)c1nnc(C)n1-2. The predicted octanol–water partition coefficient (Wildman–Crippen LogP) is 6.57. The van der Waals surface area contributed by atoms with Crippen LogP contribution in [0.25, 0.3) is 5.00 Å². The Hall–Kier alpha value is -4.06. The lowest BCUT2D eigenvalue weighted by molar-refractivity contribution is -0.160. The maximum Gasteiger partial charge on any atom is 0.332 e. The summed E-state index contributed by atoms with van der Waals surface area (Å²) in [5.74, 6) is 1.32. The molecule has 236 valence electrons. The fourth-order valence-corrected chi connectivity index (χ4v) is 6.24. The van der Waals surface area contributed by atoms with Crippen LogP contribution >= 0.6 is 22.9 Å². The van der Waals surface area contributed by atoms with Gasteiger partial charge in [-0.05, 0) is 83.5 Å². The summed E-state index contributed by atoms with van der Waals surface area (Å²) < 4.78 is 18.3. The molecule has 0 bridgehead atoms. The molecule has 45 heavy (non-hydrogen) atoms. The van der Waals surface area contributed by atoms with Gasteiger partial charge in [-0.2, -0.15) is 0 Å². The number of amides is 1. The Balaban J connectivity index is 1.26. The fraction of sp³-hybridized carbons (Fsp3) is 0.364. The molecule has 1 aliphatic rings. The van der Waals surface area contributed by atoms with E-state index in [0.717, 1.165) is 33.2 Å². The Labute approximate surface area is 271 Å². The minimum atomic E-state index is -0.570. The molecule has 0 unspecified atom stereocenters. The normalized spacial score (nSPS) is 14.2. The Kier molecular flexibility index (Phi) is 9.71. The van der Waals surface area contributed by atoms with Crippen LogP contribution in [0.15, 0.2) is 53.5 Å². The number of hydrogen-bond acceptors (Lipinski definition) is 9. The van der Waals surface area contributed by atoms with E-state index < -0.39 is 17.6 Å². The van der Waals surface area contributed by atoms with Gasteiger partial charge in [-0.3, -0.25) is 14.4 Å². The predicted molar refractivity (Wildman–Crippen MR) is 175 cm³/mol. The summed E-state index contributed by atoms with van der Waals surface area (Å²) >= 11 is 7.87.